The molecule has 0 radical (unpaired) electrons. The first-order valence-corrected chi connectivity index (χ1v) is 9.40. The second-order valence-corrected chi connectivity index (χ2v) is 8.97. The van der Waals surface area contributed by atoms with E-state index in [0.717, 1.165) is 41.1 Å². The molecule has 0 N–H and O–H groups in total. The average molecular weight is 316 g/mol. The van der Waals surface area contributed by atoms with E-state index in [9.17, 15) is 13.2 Å². The first kappa shape index (κ1) is 15.4. The second kappa shape index (κ2) is 5.44. The van der Waals surface area contributed by atoms with Crippen molar-refractivity contribution in [2.75, 3.05) is 13.3 Å². The zero-order valence-electron chi connectivity index (χ0n) is 12.2. The Kier molecular flexibility index (Phi) is 4.20. The van der Waals surface area contributed by atoms with E-state index in [1.807, 2.05) is 6.92 Å². The van der Waals surface area contributed by atoms with E-state index in [1.165, 1.54) is 6.92 Å². The number of carbonyl (C=O) groups is 1. The van der Waals surface area contributed by atoms with Crippen LogP contribution in [0.15, 0.2) is 0 Å². The van der Waals surface area contributed by atoms with Gasteiger partial charge in [0.15, 0.2) is 9.84 Å². The summed E-state index contributed by atoms with van der Waals surface area (Å²) >= 11 is 1.61. The molecule has 1 aromatic rings. The number of aromatic nitrogens is 1. The maximum absolute atomic E-state index is 12.3. The minimum Gasteiger partial charge on any atom is -0.337 e. The third-order valence-corrected chi connectivity index (χ3v) is 6.43. The molecule has 2 atom stereocenters. The molecule has 0 spiro atoms. The SMILES string of the molecule is Cc1nc2c(s1)C(N(C)C(=O)C(C)S(C)(=O)=O)CCC2. The van der Waals surface area contributed by atoms with E-state index in [-0.39, 0.29) is 11.9 Å². The Morgan fingerprint density at radius 3 is 2.75 bits per heavy atom. The number of aryl methyl sites for hydroxylation is 2. The molecule has 5 nitrogen and oxygen atoms in total. The molecule has 1 amide bonds. The fraction of sp³-hybridized carbons (Fsp3) is 0.692. The molecule has 1 aliphatic carbocycles. The summed E-state index contributed by atoms with van der Waals surface area (Å²) in [7, 11) is -1.67. The van der Waals surface area contributed by atoms with Crippen molar-refractivity contribution in [2.45, 2.75) is 44.4 Å². The molecule has 0 aliphatic heterocycles. The van der Waals surface area contributed by atoms with Gasteiger partial charge in [0, 0.05) is 13.3 Å². The number of fused-ring (bicyclic) bond motifs is 1. The Bertz CT molecular complexity index is 622. The lowest BCUT2D eigenvalue weighted by Crippen LogP contribution is -2.41. The van der Waals surface area contributed by atoms with Crippen LogP contribution in [0, 0.1) is 6.92 Å². The second-order valence-electron chi connectivity index (χ2n) is 5.37. The van der Waals surface area contributed by atoms with Crippen molar-refractivity contribution in [2.24, 2.45) is 0 Å². The summed E-state index contributed by atoms with van der Waals surface area (Å²) in [5.74, 6) is -0.337. The number of carbonyl (C=O) groups excluding carboxylic acids is 1. The molecule has 112 valence electrons. The largest absolute Gasteiger partial charge is 0.337 e. The molecule has 0 saturated carbocycles. The topological polar surface area (TPSA) is 67.3 Å². The molecule has 20 heavy (non-hydrogen) atoms. The van der Waals surface area contributed by atoms with E-state index in [2.05, 4.69) is 4.98 Å². The van der Waals surface area contributed by atoms with Gasteiger partial charge in [-0.3, -0.25) is 4.79 Å². The van der Waals surface area contributed by atoms with Gasteiger partial charge in [0.1, 0.15) is 5.25 Å². The molecule has 0 saturated heterocycles. The van der Waals surface area contributed by atoms with Crippen molar-refractivity contribution in [3.05, 3.63) is 15.6 Å². The van der Waals surface area contributed by atoms with Gasteiger partial charge < -0.3 is 4.90 Å². The van der Waals surface area contributed by atoms with Crippen molar-refractivity contribution in [1.82, 2.24) is 9.88 Å². The minimum absolute atomic E-state index is 0.0401. The number of amides is 1. The molecular weight excluding hydrogens is 296 g/mol. The lowest BCUT2D eigenvalue weighted by molar-refractivity contribution is -0.131. The van der Waals surface area contributed by atoms with Crippen LogP contribution in [0.2, 0.25) is 0 Å². The number of hydrogen-bond acceptors (Lipinski definition) is 5. The van der Waals surface area contributed by atoms with E-state index in [0.29, 0.717) is 0 Å². The Morgan fingerprint density at radius 2 is 2.15 bits per heavy atom. The van der Waals surface area contributed by atoms with Crippen LogP contribution in [0.5, 0.6) is 0 Å². The molecule has 0 aromatic carbocycles. The lowest BCUT2D eigenvalue weighted by Gasteiger charge is -2.32. The first-order valence-electron chi connectivity index (χ1n) is 6.63. The Hall–Kier alpha value is -0.950. The Morgan fingerprint density at radius 1 is 1.50 bits per heavy atom. The molecule has 0 fully saturated rings. The summed E-state index contributed by atoms with van der Waals surface area (Å²) in [6, 6.07) is -0.0401. The molecule has 2 unspecified atom stereocenters. The van der Waals surface area contributed by atoms with E-state index >= 15 is 0 Å². The predicted molar refractivity (Wildman–Crippen MR) is 79.6 cm³/mol. The van der Waals surface area contributed by atoms with Gasteiger partial charge in [-0.25, -0.2) is 13.4 Å². The van der Waals surface area contributed by atoms with E-state index < -0.39 is 15.1 Å². The van der Waals surface area contributed by atoms with Gasteiger partial charge in [-0.1, -0.05) is 0 Å². The molecule has 1 aromatic heterocycles. The number of thiazole rings is 1. The molecule has 2 rings (SSSR count). The zero-order chi connectivity index (χ0) is 15.1. The normalized spacial score (nSPS) is 20.3. The highest BCUT2D eigenvalue weighted by Gasteiger charge is 2.34. The first-order chi connectivity index (χ1) is 9.21. The highest BCUT2D eigenvalue weighted by molar-refractivity contribution is 7.92. The monoisotopic (exact) mass is 316 g/mol. The van der Waals surface area contributed by atoms with Crippen LogP contribution in [-0.4, -0.2) is 42.8 Å². The van der Waals surface area contributed by atoms with Crippen LogP contribution < -0.4 is 0 Å². The Labute approximate surface area is 123 Å². The average Bonchev–Trinajstić information content (AvgIpc) is 2.74. The predicted octanol–water partition coefficient (Wildman–Crippen LogP) is 1.72. The standard InChI is InChI=1S/C13H20N2O3S2/c1-8(20(4,17)18)13(16)15(3)11-7-5-6-10-12(11)19-9(2)14-10/h8,11H,5-7H2,1-4H3. The van der Waals surface area contributed by atoms with Crippen LogP contribution in [0.3, 0.4) is 0 Å². The van der Waals surface area contributed by atoms with Crippen LogP contribution in [0.4, 0.5) is 0 Å². The number of hydrogen-bond donors (Lipinski definition) is 0. The van der Waals surface area contributed by atoms with Crippen LogP contribution in [0.25, 0.3) is 0 Å². The van der Waals surface area contributed by atoms with Crippen LogP contribution in [-0.2, 0) is 21.1 Å². The molecule has 7 heteroatoms. The number of rotatable bonds is 3. The van der Waals surface area contributed by atoms with Gasteiger partial charge >= 0.3 is 0 Å². The van der Waals surface area contributed by atoms with Gasteiger partial charge in [0.2, 0.25) is 5.91 Å². The van der Waals surface area contributed by atoms with Gasteiger partial charge in [0.25, 0.3) is 0 Å². The summed E-state index contributed by atoms with van der Waals surface area (Å²) in [5.41, 5.74) is 1.07. The van der Waals surface area contributed by atoms with E-state index in [4.69, 9.17) is 0 Å². The van der Waals surface area contributed by atoms with Crippen LogP contribution in [0.1, 0.15) is 41.4 Å². The van der Waals surface area contributed by atoms with Crippen molar-refractivity contribution in [1.29, 1.82) is 0 Å². The fourth-order valence-corrected chi connectivity index (χ4v) is 4.20. The molecule has 1 heterocycles. The maximum atomic E-state index is 12.3. The molecule has 0 bridgehead atoms. The summed E-state index contributed by atoms with van der Waals surface area (Å²) in [5, 5.41) is 0.00538. The summed E-state index contributed by atoms with van der Waals surface area (Å²) in [4.78, 5) is 19.5. The molecule has 1 aliphatic rings. The van der Waals surface area contributed by atoms with Crippen LogP contribution >= 0.6 is 11.3 Å². The van der Waals surface area contributed by atoms with Crippen molar-refractivity contribution < 1.29 is 13.2 Å². The third-order valence-electron chi connectivity index (χ3n) is 3.83. The van der Waals surface area contributed by atoms with Gasteiger partial charge in [0.05, 0.1) is 21.6 Å². The molecular formula is C13H20N2O3S2. The van der Waals surface area contributed by atoms with Gasteiger partial charge in [-0.2, -0.15) is 0 Å². The summed E-state index contributed by atoms with van der Waals surface area (Å²) < 4.78 is 23.1. The van der Waals surface area contributed by atoms with Crippen molar-refractivity contribution >= 4 is 27.1 Å². The number of sulfone groups is 1. The zero-order valence-corrected chi connectivity index (χ0v) is 13.8. The van der Waals surface area contributed by atoms with Crippen molar-refractivity contribution in [3.63, 3.8) is 0 Å². The highest BCUT2D eigenvalue weighted by Crippen LogP contribution is 2.37. The van der Waals surface area contributed by atoms with E-state index in [1.54, 1.807) is 23.3 Å². The summed E-state index contributed by atoms with van der Waals surface area (Å²) in [6.45, 7) is 3.41. The van der Waals surface area contributed by atoms with Crippen molar-refractivity contribution in [3.8, 4) is 0 Å². The van der Waals surface area contributed by atoms with Gasteiger partial charge in [-0.15, -0.1) is 11.3 Å². The Balaban J connectivity index is 2.26. The maximum Gasteiger partial charge on any atom is 0.240 e. The smallest absolute Gasteiger partial charge is 0.240 e. The third kappa shape index (κ3) is 2.88. The quantitative estimate of drug-likeness (QED) is 0.851. The lowest BCUT2D eigenvalue weighted by atomic mass is 9.97. The summed E-state index contributed by atoms with van der Waals surface area (Å²) in [6.07, 6.45) is 3.89. The minimum atomic E-state index is -3.36. The fourth-order valence-electron chi connectivity index (χ4n) is 2.51. The highest BCUT2D eigenvalue weighted by atomic mass is 32.2. The number of nitrogens with zero attached hydrogens (tertiary/aromatic N) is 2. The van der Waals surface area contributed by atoms with Gasteiger partial charge in [-0.05, 0) is 33.1 Å².